The third-order valence-electron chi connectivity index (χ3n) is 5.03. The lowest BCUT2D eigenvalue weighted by Gasteiger charge is -2.11. The number of nitrogens with one attached hydrogen (secondary N) is 3. The number of rotatable bonds is 6. The first-order valence-corrected chi connectivity index (χ1v) is 9.74. The minimum absolute atomic E-state index is 0.0616. The third-order valence-corrected chi connectivity index (χ3v) is 5.03. The molecule has 2 aromatic carbocycles. The van der Waals surface area contributed by atoms with Crippen molar-refractivity contribution < 1.29 is 9.18 Å². The highest BCUT2D eigenvalue weighted by Crippen LogP contribution is 2.24. The van der Waals surface area contributed by atoms with Crippen LogP contribution in [0.3, 0.4) is 0 Å². The molecular weight excluding hydrogens is 369 g/mol. The smallest absolute Gasteiger partial charge is 0.252 e. The number of fused-ring (bicyclic) bond motifs is 2. The van der Waals surface area contributed by atoms with Crippen molar-refractivity contribution in [1.82, 2.24) is 20.3 Å². The Labute approximate surface area is 166 Å². The van der Waals surface area contributed by atoms with Gasteiger partial charge in [0.2, 0.25) is 0 Å². The Morgan fingerprint density at radius 2 is 1.97 bits per heavy atom. The minimum atomic E-state index is -0.289. The lowest BCUT2D eigenvalue weighted by molar-refractivity contribution is 0.0952. The van der Waals surface area contributed by atoms with Crippen LogP contribution < -0.4 is 10.6 Å². The molecule has 3 N–H and O–H groups in total. The van der Waals surface area contributed by atoms with Crippen molar-refractivity contribution in [2.24, 2.45) is 0 Å². The molecular formula is C22H20FN5O. The van der Waals surface area contributed by atoms with Crippen LogP contribution in [0.1, 0.15) is 29.0 Å². The van der Waals surface area contributed by atoms with Crippen molar-refractivity contribution in [3.63, 3.8) is 0 Å². The van der Waals surface area contributed by atoms with Gasteiger partial charge in [-0.15, -0.1) is 0 Å². The summed E-state index contributed by atoms with van der Waals surface area (Å²) >= 11 is 0. The average molecular weight is 389 g/mol. The Bertz CT molecular complexity index is 1210. The highest BCUT2D eigenvalue weighted by atomic mass is 19.1. The van der Waals surface area contributed by atoms with E-state index >= 15 is 0 Å². The van der Waals surface area contributed by atoms with Crippen LogP contribution in [0.15, 0.2) is 48.5 Å². The van der Waals surface area contributed by atoms with Crippen molar-refractivity contribution in [1.29, 1.82) is 0 Å². The van der Waals surface area contributed by atoms with Gasteiger partial charge in [0.05, 0.1) is 22.1 Å². The van der Waals surface area contributed by atoms with E-state index in [1.807, 2.05) is 24.3 Å². The van der Waals surface area contributed by atoms with E-state index in [9.17, 15) is 9.18 Å². The van der Waals surface area contributed by atoms with E-state index < -0.39 is 0 Å². The van der Waals surface area contributed by atoms with E-state index in [4.69, 9.17) is 0 Å². The Hall–Kier alpha value is -3.48. The number of pyridine rings is 1. The fraction of sp³-hybridized carbons (Fsp3) is 0.227. The van der Waals surface area contributed by atoms with Gasteiger partial charge in [0.15, 0.2) is 0 Å². The molecule has 0 saturated heterocycles. The third kappa shape index (κ3) is 3.76. The highest BCUT2D eigenvalue weighted by molar-refractivity contribution is 6.07. The van der Waals surface area contributed by atoms with Gasteiger partial charge in [-0.25, -0.2) is 14.4 Å². The predicted octanol–water partition coefficient (Wildman–Crippen LogP) is 3.80. The lowest BCUT2D eigenvalue weighted by atomic mass is 10.1. The van der Waals surface area contributed by atoms with Gasteiger partial charge in [-0.2, -0.15) is 0 Å². The van der Waals surface area contributed by atoms with E-state index in [0.29, 0.717) is 35.9 Å². The Kier molecular flexibility index (Phi) is 4.35. The van der Waals surface area contributed by atoms with Gasteiger partial charge in [-0.05, 0) is 43.2 Å². The standard InChI is InChI=1S/C22H20FN5O/c23-13-5-8-18-19(11-13)28-20(27-18)9-10-24-21-12-16(22(29)25-14-6-7-14)15-3-1-2-4-17(15)26-21/h1-5,8,11-12,14H,6-7,9-10H2,(H,24,26)(H,25,29)(H,27,28). The molecule has 0 spiro atoms. The first kappa shape index (κ1) is 17.6. The summed E-state index contributed by atoms with van der Waals surface area (Å²) in [5.74, 6) is 1.06. The number of H-pyrrole nitrogens is 1. The number of para-hydroxylation sites is 1. The number of nitrogens with zero attached hydrogens (tertiary/aromatic N) is 2. The molecule has 0 bridgehead atoms. The highest BCUT2D eigenvalue weighted by Gasteiger charge is 2.25. The predicted molar refractivity (Wildman–Crippen MR) is 110 cm³/mol. The summed E-state index contributed by atoms with van der Waals surface area (Å²) in [6.45, 7) is 0.581. The summed E-state index contributed by atoms with van der Waals surface area (Å²) in [6.07, 6.45) is 2.71. The molecule has 2 aromatic heterocycles. The molecule has 2 heterocycles. The summed E-state index contributed by atoms with van der Waals surface area (Å²) in [6, 6.07) is 14.2. The molecule has 1 amide bonds. The van der Waals surface area contributed by atoms with Crippen LogP contribution >= 0.6 is 0 Å². The second-order valence-corrected chi connectivity index (χ2v) is 7.34. The Balaban J connectivity index is 1.34. The van der Waals surface area contributed by atoms with E-state index in [0.717, 1.165) is 35.1 Å². The fourth-order valence-electron chi connectivity index (χ4n) is 3.41. The number of halogens is 1. The monoisotopic (exact) mass is 389 g/mol. The number of anilines is 1. The maximum absolute atomic E-state index is 13.3. The van der Waals surface area contributed by atoms with Gasteiger partial charge in [-0.1, -0.05) is 18.2 Å². The second kappa shape index (κ2) is 7.16. The lowest BCUT2D eigenvalue weighted by Crippen LogP contribution is -2.25. The van der Waals surface area contributed by atoms with Gasteiger partial charge in [0.25, 0.3) is 5.91 Å². The molecule has 1 saturated carbocycles. The molecule has 0 radical (unpaired) electrons. The zero-order valence-electron chi connectivity index (χ0n) is 15.7. The van der Waals surface area contributed by atoms with Gasteiger partial charge in [0.1, 0.15) is 17.5 Å². The number of carbonyl (C=O) groups is 1. The zero-order valence-corrected chi connectivity index (χ0v) is 15.7. The Morgan fingerprint density at radius 3 is 2.83 bits per heavy atom. The van der Waals surface area contributed by atoms with E-state index in [1.54, 1.807) is 12.1 Å². The second-order valence-electron chi connectivity index (χ2n) is 7.34. The number of aromatic nitrogens is 3. The quantitative estimate of drug-likeness (QED) is 0.468. The number of imidazole rings is 1. The first-order chi connectivity index (χ1) is 14.2. The normalized spacial score (nSPS) is 13.7. The van der Waals surface area contributed by atoms with Gasteiger partial charge < -0.3 is 15.6 Å². The molecule has 4 aromatic rings. The first-order valence-electron chi connectivity index (χ1n) is 9.74. The number of aromatic amines is 1. The molecule has 6 nitrogen and oxygen atoms in total. The molecule has 0 aliphatic heterocycles. The molecule has 5 rings (SSSR count). The van der Waals surface area contributed by atoms with E-state index in [2.05, 4.69) is 25.6 Å². The van der Waals surface area contributed by atoms with E-state index in [1.165, 1.54) is 12.1 Å². The molecule has 0 atom stereocenters. The van der Waals surface area contributed by atoms with Crippen molar-refractivity contribution in [3.8, 4) is 0 Å². The maximum atomic E-state index is 13.3. The molecule has 0 unspecified atom stereocenters. The SMILES string of the molecule is O=C(NC1CC1)c1cc(NCCc2nc3ccc(F)cc3[nH]2)nc2ccccc12. The molecule has 7 heteroatoms. The molecule has 29 heavy (non-hydrogen) atoms. The summed E-state index contributed by atoms with van der Waals surface area (Å²) < 4.78 is 13.3. The van der Waals surface area contributed by atoms with Crippen molar-refractivity contribution in [2.75, 3.05) is 11.9 Å². The van der Waals surface area contributed by atoms with Crippen LogP contribution in [0.2, 0.25) is 0 Å². The summed E-state index contributed by atoms with van der Waals surface area (Å²) in [5, 5.41) is 7.17. The molecule has 146 valence electrons. The topological polar surface area (TPSA) is 82.7 Å². The molecule has 1 fully saturated rings. The number of hydrogen-bond donors (Lipinski definition) is 3. The number of hydrogen-bond acceptors (Lipinski definition) is 4. The number of amides is 1. The van der Waals surface area contributed by atoms with Crippen molar-refractivity contribution in [2.45, 2.75) is 25.3 Å². The summed E-state index contributed by atoms with van der Waals surface area (Å²) in [4.78, 5) is 24.9. The Morgan fingerprint density at radius 1 is 1.10 bits per heavy atom. The number of benzene rings is 2. The van der Waals surface area contributed by atoms with E-state index in [-0.39, 0.29) is 11.7 Å². The average Bonchev–Trinajstić information content (AvgIpc) is 3.44. The van der Waals surface area contributed by atoms with Gasteiger partial charge >= 0.3 is 0 Å². The fourth-order valence-corrected chi connectivity index (χ4v) is 3.41. The van der Waals surface area contributed by atoms with Crippen LogP contribution in [-0.2, 0) is 6.42 Å². The minimum Gasteiger partial charge on any atom is -0.370 e. The zero-order chi connectivity index (χ0) is 19.8. The largest absolute Gasteiger partial charge is 0.370 e. The van der Waals surface area contributed by atoms with Crippen LogP contribution in [0.5, 0.6) is 0 Å². The molecule has 1 aliphatic rings. The van der Waals surface area contributed by atoms with Crippen LogP contribution in [0.25, 0.3) is 21.9 Å². The van der Waals surface area contributed by atoms with Gasteiger partial charge in [0, 0.05) is 24.4 Å². The summed E-state index contributed by atoms with van der Waals surface area (Å²) in [5.41, 5.74) is 2.83. The van der Waals surface area contributed by atoms with Gasteiger partial charge in [-0.3, -0.25) is 4.79 Å². The van der Waals surface area contributed by atoms with Crippen molar-refractivity contribution >= 4 is 33.7 Å². The van der Waals surface area contributed by atoms with Crippen LogP contribution in [0.4, 0.5) is 10.2 Å². The van der Waals surface area contributed by atoms with Crippen LogP contribution in [0, 0.1) is 5.82 Å². The van der Waals surface area contributed by atoms with Crippen LogP contribution in [-0.4, -0.2) is 33.4 Å². The molecule has 1 aliphatic carbocycles. The van der Waals surface area contributed by atoms with Crippen molar-refractivity contribution in [3.05, 3.63) is 65.7 Å². The number of carbonyl (C=O) groups excluding carboxylic acids is 1. The summed E-state index contributed by atoms with van der Waals surface area (Å²) in [7, 11) is 0. The maximum Gasteiger partial charge on any atom is 0.252 e.